The summed E-state index contributed by atoms with van der Waals surface area (Å²) in [5, 5.41) is 4.01. The summed E-state index contributed by atoms with van der Waals surface area (Å²) in [7, 11) is -11.4. The molecule has 226 valence electrons. The number of esters is 1. The standard InChI is InChI=1S/C25H34N2O12P2.4Na/c1-18-10-6-3-2-4-7-11-20(26-36-17-23(28)27-12-8-5-9-13-27)14-19-15-21(38-40(30,31)32)16-22(39-41(33,34)35)24(19)25(29)37-18;;;;/h3,6-7,11,15-16,18H,2,4-5,8-10,12-14,17H2,1H3,(H2,30,31,32)(H2,33,34,35);;;;/q;4*+1/p-4/b6-3+,11-7-,26-20+;;;;. The van der Waals surface area contributed by atoms with Crippen LogP contribution in [0.15, 0.2) is 41.6 Å². The molecular weight excluding hydrogens is 674 g/mol. The molecule has 1 unspecified atom stereocenters. The van der Waals surface area contributed by atoms with Crippen molar-refractivity contribution in [2.24, 2.45) is 5.16 Å². The minimum Gasteiger partial charge on any atom is -0.780 e. The van der Waals surface area contributed by atoms with E-state index in [0.717, 1.165) is 25.3 Å². The molecule has 0 N–H and O–H groups in total. The number of ether oxygens (including phenoxy) is 1. The molecule has 1 aromatic carbocycles. The van der Waals surface area contributed by atoms with Gasteiger partial charge in [-0.15, -0.1) is 0 Å². The summed E-state index contributed by atoms with van der Waals surface area (Å²) in [6.07, 6.45) is 10.3. The van der Waals surface area contributed by atoms with Crippen LogP contribution in [0.2, 0.25) is 0 Å². The Hall–Kier alpha value is 1.01. The van der Waals surface area contributed by atoms with Gasteiger partial charge in [-0.05, 0) is 56.7 Å². The molecule has 1 aromatic rings. The second-order valence-electron chi connectivity index (χ2n) is 9.41. The van der Waals surface area contributed by atoms with Gasteiger partial charge in [-0.1, -0.05) is 23.4 Å². The van der Waals surface area contributed by atoms with Gasteiger partial charge in [0.05, 0.1) is 5.71 Å². The molecule has 1 fully saturated rings. The van der Waals surface area contributed by atoms with Gasteiger partial charge in [0.25, 0.3) is 5.91 Å². The third kappa shape index (κ3) is 18.5. The summed E-state index contributed by atoms with van der Waals surface area (Å²) in [5.41, 5.74) is -0.560. The van der Waals surface area contributed by atoms with E-state index in [9.17, 15) is 38.3 Å². The molecule has 2 heterocycles. The molecule has 2 aliphatic rings. The Bertz CT molecular complexity index is 1300. The summed E-state index contributed by atoms with van der Waals surface area (Å²) in [5.74, 6) is -2.97. The molecule has 0 spiro atoms. The van der Waals surface area contributed by atoms with E-state index in [1.54, 1.807) is 24.0 Å². The maximum absolute atomic E-state index is 13.2. The first-order valence-corrected chi connectivity index (χ1v) is 15.8. The zero-order valence-electron chi connectivity index (χ0n) is 26.3. The Morgan fingerprint density at radius 2 is 1.58 bits per heavy atom. The number of fused-ring (bicyclic) bond motifs is 1. The number of oxime groups is 1. The third-order valence-electron chi connectivity index (χ3n) is 5.99. The number of likely N-dealkylation sites (tertiary alicyclic amines) is 1. The molecule has 1 saturated heterocycles. The van der Waals surface area contributed by atoms with E-state index in [1.165, 1.54) is 6.08 Å². The number of benzene rings is 1. The molecule has 20 heteroatoms. The predicted molar refractivity (Wildman–Crippen MR) is 137 cm³/mol. The number of rotatable bonds is 7. The van der Waals surface area contributed by atoms with Crippen molar-refractivity contribution in [1.29, 1.82) is 0 Å². The topological polar surface area (TPSA) is 213 Å². The number of carbonyl (C=O) groups is 2. The predicted octanol–water partition coefficient (Wildman–Crippen LogP) is -11.1. The first kappa shape index (κ1) is 48.1. The minimum atomic E-state index is -5.79. The van der Waals surface area contributed by atoms with E-state index in [2.05, 4.69) is 14.2 Å². The van der Waals surface area contributed by atoms with Crippen LogP contribution in [-0.4, -0.2) is 48.3 Å². The molecule has 1 amide bonds. The second kappa shape index (κ2) is 23.4. The Morgan fingerprint density at radius 1 is 0.956 bits per heavy atom. The van der Waals surface area contributed by atoms with Crippen LogP contribution in [0.4, 0.5) is 0 Å². The number of allylic oxidation sites excluding steroid dienone is 3. The van der Waals surface area contributed by atoms with Crippen molar-refractivity contribution >= 4 is 33.2 Å². The summed E-state index contributed by atoms with van der Waals surface area (Å²) in [6, 6.07) is 1.59. The fraction of sp³-hybridized carbons (Fsp3) is 0.480. The zero-order chi connectivity index (χ0) is 30.0. The first-order chi connectivity index (χ1) is 19.3. The maximum atomic E-state index is 13.2. The average molecular weight is 704 g/mol. The van der Waals surface area contributed by atoms with E-state index in [4.69, 9.17) is 9.57 Å². The number of piperidine rings is 1. The van der Waals surface area contributed by atoms with Crippen LogP contribution in [0.25, 0.3) is 0 Å². The van der Waals surface area contributed by atoms with Crippen LogP contribution < -0.4 is 147 Å². The molecule has 0 aromatic heterocycles. The van der Waals surface area contributed by atoms with Crippen molar-refractivity contribution in [3.05, 3.63) is 47.6 Å². The van der Waals surface area contributed by atoms with Crippen molar-refractivity contribution in [3.8, 4) is 11.5 Å². The molecule has 0 bridgehead atoms. The van der Waals surface area contributed by atoms with Gasteiger partial charge in [-0.2, -0.15) is 0 Å². The third-order valence-corrected chi connectivity index (χ3v) is 6.85. The van der Waals surface area contributed by atoms with Gasteiger partial charge in [0, 0.05) is 32.0 Å². The van der Waals surface area contributed by atoms with E-state index in [-0.39, 0.29) is 148 Å². The van der Waals surface area contributed by atoms with Gasteiger partial charge in [0.2, 0.25) is 0 Å². The Labute approximate surface area is 350 Å². The van der Waals surface area contributed by atoms with Crippen LogP contribution in [-0.2, 0) is 29.9 Å². The van der Waals surface area contributed by atoms with Crippen LogP contribution >= 0.6 is 15.6 Å². The number of hydrogen-bond acceptors (Lipinski definition) is 13. The van der Waals surface area contributed by atoms with E-state index in [0.29, 0.717) is 38.4 Å². The van der Waals surface area contributed by atoms with E-state index < -0.39 is 44.8 Å². The van der Waals surface area contributed by atoms with Gasteiger partial charge in [0.1, 0.15) is 38.8 Å². The molecule has 14 nitrogen and oxygen atoms in total. The molecule has 2 aliphatic heterocycles. The monoisotopic (exact) mass is 704 g/mol. The quantitative estimate of drug-likeness (QED) is 0.0851. The van der Waals surface area contributed by atoms with Gasteiger partial charge in [-0.25, -0.2) is 4.79 Å². The smallest absolute Gasteiger partial charge is 0.780 e. The number of carbonyl (C=O) groups excluding carboxylic acids is 2. The maximum Gasteiger partial charge on any atom is 1.00 e. The van der Waals surface area contributed by atoms with Crippen LogP contribution in [0.1, 0.15) is 61.4 Å². The Balaban J connectivity index is 0. The van der Waals surface area contributed by atoms with Crippen LogP contribution in [0.5, 0.6) is 11.5 Å². The first-order valence-electron chi connectivity index (χ1n) is 12.9. The molecular formula is C25H30N2Na4O12P2. The normalized spacial score (nSPS) is 19.8. The summed E-state index contributed by atoms with van der Waals surface area (Å²) >= 11 is 0. The molecule has 0 radical (unpaired) electrons. The summed E-state index contributed by atoms with van der Waals surface area (Å²) in [6.45, 7) is 2.44. The second-order valence-corrected chi connectivity index (χ2v) is 11.6. The van der Waals surface area contributed by atoms with Crippen molar-refractivity contribution < 1.29 is 175 Å². The molecule has 1 atom stereocenters. The van der Waals surface area contributed by atoms with Crippen molar-refractivity contribution in [2.45, 2.75) is 58.0 Å². The number of nitrogens with zero attached hydrogens (tertiary/aromatic N) is 2. The molecule has 3 rings (SSSR count). The van der Waals surface area contributed by atoms with Crippen LogP contribution in [0, 0.1) is 0 Å². The average Bonchev–Trinajstić information content (AvgIpc) is 2.85. The van der Waals surface area contributed by atoms with Gasteiger partial charge < -0.3 is 52.2 Å². The molecule has 0 aliphatic carbocycles. The number of amides is 1. The largest absolute Gasteiger partial charge is 1.00 e. The van der Waals surface area contributed by atoms with Gasteiger partial charge in [0.15, 0.2) is 6.61 Å². The fourth-order valence-corrected chi connectivity index (χ4v) is 4.97. The molecule has 0 saturated carbocycles. The van der Waals surface area contributed by atoms with Crippen molar-refractivity contribution in [2.75, 3.05) is 19.7 Å². The van der Waals surface area contributed by atoms with Gasteiger partial charge >= 0.3 is 124 Å². The Kier molecular flexibility index (Phi) is 25.0. The van der Waals surface area contributed by atoms with E-state index >= 15 is 0 Å². The number of phosphoric acid groups is 2. The van der Waals surface area contributed by atoms with Crippen molar-refractivity contribution in [1.82, 2.24) is 4.90 Å². The van der Waals surface area contributed by atoms with Crippen LogP contribution in [0.3, 0.4) is 0 Å². The zero-order valence-corrected chi connectivity index (χ0v) is 36.1. The summed E-state index contributed by atoms with van der Waals surface area (Å²) in [4.78, 5) is 78.2. The summed E-state index contributed by atoms with van der Waals surface area (Å²) < 4.78 is 37.0. The SMILES string of the molecule is CC1C/C=C/CC/C=C\C(=N/OCC(=O)N2CCCCC2)Cc2cc(OP(=O)([O-])[O-])cc(OP(=O)([O-])[O-])c2C(=O)O1.[Na+].[Na+].[Na+].[Na+]. The number of phosphoric ester groups is 2. The van der Waals surface area contributed by atoms with E-state index in [1.807, 2.05) is 6.08 Å². The number of cyclic esters (lactones) is 1. The van der Waals surface area contributed by atoms with Gasteiger partial charge in [-0.3, -0.25) is 4.79 Å². The Morgan fingerprint density at radius 3 is 2.20 bits per heavy atom. The fourth-order valence-electron chi connectivity index (χ4n) is 4.22. The van der Waals surface area contributed by atoms with Crippen molar-refractivity contribution in [3.63, 3.8) is 0 Å². The molecule has 45 heavy (non-hydrogen) atoms. The minimum absolute atomic E-state index is 0. The number of hydrogen-bond donors (Lipinski definition) is 0.